The van der Waals surface area contributed by atoms with E-state index < -0.39 is 0 Å². The van der Waals surface area contributed by atoms with E-state index in [4.69, 9.17) is 0 Å². The largest absolute Gasteiger partial charge is 0.296 e. The first-order valence-electron chi connectivity index (χ1n) is 18.5. The van der Waals surface area contributed by atoms with E-state index in [1.807, 2.05) is 0 Å². The van der Waals surface area contributed by atoms with Crippen LogP contribution < -0.4 is 0 Å². The summed E-state index contributed by atoms with van der Waals surface area (Å²) in [5, 5.41) is 0. The summed E-state index contributed by atoms with van der Waals surface area (Å²) in [7, 11) is 4.55. The quantitative estimate of drug-likeness (QED) is 0.246. The van der Waals surface area contributed by atoms with Gasteiger partial charge in [-0.15, -0.1) is 0 Å². The second-order valence-corrected chi connectivity index (χ2v) is 22.8. The third kappa shape index (κ3) is 10.8. The van der Waals surface area contributed by atoms with E-state index in [-0.39, 0.29) is 11.1 Å². The van der Waals surface area contributed by atoms with Gasteiger partial charge in [0.05, 0.1) is 0 Å². The number of hydrogen-bond acceptors (Lipinski definition) is 2. The Kier molecular flexibility index (Phi) is 12.4. The van der Waals surface area contributed by atoms with Gasteiger partial charge in [0, 0.05) is 35.0 Å². The Hall–Kier alpha value is -0.410. The molecule has 0 atom stereocenters. The zero-order valence-electron chi connectivity index (χ0n) is 35.5. The minimum absolute atomic E-state index is 0.222. The van der Waals surface area contributed by atoms with Crippen molar-refractivity contribution in [2.45, 2.75) is 217 Å². The van der Waals surface area contributed by atoms with Crippen LogP contribution in [0.4, 0.5) is 0 Å². The first-order valence-corrected chi connectivity index (χ1v) is 18.5. The zero-order chi connectivity index (χ0) is 36.2. The van der Waals surface area contributed by atoms with Crippen molar-refractivity contribution in [3.63, 3.8) is 0 Å². The molecule has 3 aliphatic heterocycles. The van der Waals surface area contributed by atoms with Gasteiger partial charge >= 0.3 is 0 Å². The summed E-state index contributed by atoms with van der Waals surface area (Å²) >= 11 is 0. The summed E-state index contributed by atoms with van der Waals surface area (Å²) in [6.07, 6.45) is 7.77. The number of piperidine rings is 3. The number of likely N-dealkylation sites (tertiary alicyclic amines) is 2. The summed E-state index contributed by atoms with van der Waals surface area (Å²) in [5.74, 6) is 2.46. The van der Waals surface area contributed by atoms with E-state index in [1.54, 1.807) is 0 Å². The van der Waals surface area contributed by atoms with Gasteiger partial charge in [-0.05, 0) is 157 Å². The van der Waals surface area contributed by atoms with Crippen LogP contribution in [0.25, 0.3) is 0 Å². The van der Waals surface area contributed by atoms with Gasteiger partial charge in [0.25, 0.3) is 0 Å². The summed E-state index contributed by atoms with van der Waals surface area (Å²) in [6.45, 7) is 54.0. The van der Waals surface area contributed by atoms with Crippen molar-refractivity contribution in [1.29, 1.82) is 0 Å². The third-order valence-corrected chi connectivity index (χ3v) is 13.2. The standard InChI is InChI=1S/2C14H29N.C14H28N/c3*1-12(2,3)11-9-13(4,5)15(8)14(6,7)10-11/h2*11H,9-10H2,1-8H3;11H,8-10H2,1-7H3/q;;+1. The van der Waals surface area contributed by atoms with Gasteiger partial charge in [-0.3, -0.25) is 9.80 Å². The molecule has 0 aliphatic carbocycles. The molecule has 0 radical (unpaired) electrons. The lowest BCUT2D eigenvalue weighted by Gasteiger charge is -2.56. The number of hydrogen-bond donors (Lipinski definition) is 0. The Morgan fingerprint density at radius 2 is 0.600 bits per heavy atom. The van der Waals surface area contributed by atoms with Gasteiger partial charge in [0.1, 0.15) is 6.72 Å². The van der Waals surface area contributed by atoms with Crippen LogP contribution in [0, 0.1) is 34.0 Å². The summed E-state index contributed by atoms with van der Waals surface area (Å²) < 4.78 is 2.31. The molecule has 45 heavy (non-hydrogen) atoms. The molecule has 0 amide bonds. The van der Waals surface area contributed by atoms with Crippen LogP contribution in [0.15, 0.2) is 0 Å². The van der Waals surface area contributed by atoms with Crippen LogP contribution in [-0.2, 0) is 0 Å². The number of nitrogens with zero attached hydrogens (tertiary/aromatic N) is 3. The Bertz CT molecular complexity index is 878. The van der Waals surface area contributed by atoms with E-state index in [9.17, 15) is 0 Å². The van der Waals surface area contributed by atoms with Crippen LogP contribution in [-0.4, -0.2) is 68.4 Å². The maximum absolute atomic E-state index is 4.25. The van der Waals surface area contributed by atoms with E-state index in [1.165, 1.54) is 38.5 Å². The SMILES string of the molecule is C=[N+]1C(C)(C)CC(C(C)(C)C)CC1(C)C.CN1C(C)(C)CC(C(C)(C)C)CC1(C)C.CN1C(C)(C)CC(C(C)(C)C)CC1(C)C. The molecule has 3 nitrogen and oxygen atoms in total. The highest BCUT2D eigenvalue weighted by Gasteiger charge is 2.51. The van der Waals surface area contributed by atoms with Crippen LogP contribution in [0.1, 0.15) is 184 Å². The molecule has 0 saturated carbocycles. The molecule has 0 unspecified atom stereocenters. The normalized spacial score (nSPS) is 27.6. The Morgan fingerprint density at radius 1 is 0.422 bits per heavy atom. The monoisotopic (exact) mass is 633 g/mol. The van der Waals surface area contributed by atoms with Crippen LogP contribution >= 0.6 is 0 Å². The molecule has 3 heterocycles. The topological polar surface area (TPSA) is 9.49 Å². The molecular formula is C42H86N3+. The highest BCUT2D eigenvalue weighted by molar-refractivity contribution is 5.17. The first kappa shape index (κ1) is 42.6. The predicted molar refractivity (Wildman–Crippen MR) is 204 cm³/mol. The molecule has 3 fully saturated rings. The fourth-order valence-corrected chi connectivity index (χ4v) is 8.90. The highest BCUT2D eigenvalue weighted by Crippen LogP contribution is 2.48. The first-order chi connectivity index (χ1) is 19.4. The van der Waals surface area contributed by atoms with Gasteiger partial charge in [-0.1, -0.05) is 62.3 Å². The number of rotatable bonds is 0. The zero-order valence-corrected chi connectivity index (χ0v) is 35.5. The van der Waals surface area contributed by atoms with Crippen molar-refractivity contribution in [2.75, 3.05) is 14.1 Å². The molecule has 3 heteroatoms. The molecule has 0 N–H and O–H groups in total. The lowest BCUT2D eigenvalue weighted by Crippen LogP contribution is -2.60. The van der Waals surface area contributed by atoms with Gasteiger partial charge in [0.2, 0.25) is 0 Å². The molecule has 3 rings (SSSR count). The lowest BCUT2D eigenvalue weighted by atomic mass is 9.65. The third-order valence-electron chi connectivity index (χ3n) is 13.2. The van der Waals surface area contributed by atoms with E-state index in [0.29, 0.717) is 38.4 Å². The maximum Gasteiger partial charge on any atom is 0.157 e. The second kappa shape index (κ2) is 13.1. The fraction of sp³-hybridized carbons (Fsp3) is 0.976. The Labute approximate surface area is 285 Å². The van der Waals surface area contributed by atoms with Crippen molar-refractivity contribution in [1.82, 2.24) is 9.80 Å². The minimum Gasteiger partial charge on any atom is -0.296 e. The van der Waals surface area contributed by atoms with E-state index in [2.05, 4.69) is 181 Å². The summed E-state index contributed by atoms with van der Waals surface area (Å²) in [6, 6.07) is 0. The van der Waals surface area contributed by atoms with Gasteiger partial charge in [-0.2, -0.15) is 0 Å². The Balaban J connectivity index is 0.000000337. The van der Waals surface area contributed by atoms with Crippen LogP contribution in [0.3, 0.4) is 0 Å². The summed E-state index contributed by atoms with van der Waals surface area (Å²) in [5.41, 5.74) is 3.07. The fourth-order valence-electron chi connectivity index (χ4n) is 8.90. The molecule has 3 saturated heterocycles. The predicted octanol–water partition coefficient (Wildman–Crippen LogP) is 11.6. The molecule has 0 aromatic heterocycles. The lowest BCUT2D eigenvalue weighted by molar-refractivity contribution is -0.673. The minimum atomic E-state index is 0.222. The Morgan fingerprint density at radius 3 is 0.778 bits per heavy atom. The molecule has 0 spiro atoms. The van der Waals surface area contributed by atoms with Gasteiger partial charge < -0.3 is 0 Å². The molecule has 268 valence electrons. The maximum atomic E-state index is 4.25. The molecule has 0 aromatic rings. The molecule has 0 aromatic carbocycles. The molecular weight excluding hydrogens is 546 g/mol. The highest BCUT2D eigenvalue weighted by atomic mass is 15.2. The second-order valence-electron chi connectivity index (χ2n) is 22.8. The van der Waals surface area contributed by atoms with Crippen molar-refractivity contribution in [3.05, 3.63) is 0 Å². The van der Waals surface area contributed by atoms with Crippen molar-refractivity contribution in [3.8, 4) is 0 Å². The van der Waals surface area contributed by atoms with Crippen LogP contribution in [0.5, 0.6) is 0 Å². The molecule has 0 bridgehead atoms. The van der Waals surface area contributed by atoms with Crippen molar-refractivity contribution < 1.29 is 4.58 Å². The summed E-state index contributed by atoms with van der Waals surface area (Å²) in [4.78, 5) is 5.12. The van der Waals surface area contributed by atoms with Gasteiger partial charge in [-0.25, -0.2) is 4.58 Å². The average molecular weight is 633 g/mol. The van der Waals surface area contributed by atoms with E-state index in [0.717, 1.165) is 17.8 Å². The molecule has 3 aliphatic rings. The smallest absolute Gasteiger partial charge is 0.157 e. The van der Waals surface area contributed by atoms with Gasteiger partial charge in [0.15, 0.2) is 11.1 Å². The van der Waals surface area contributed by atoms with E-state index >= 15 is 0 Å². The average Bonchev–Trinajstić information content (AvgIpc) is 2.77. The van der Waals surface area contributed by atoms with Crippen LogP contribution in [0.2, 0.25) is 0 Å². The van der Waals surface area contributed by atoms with Crippen molar-refractivity contribution >= 4 is 6.72 Å². The van der Waals surface area contributed by atoms with Crippen molar-refractivity contribution in [2.24, 2.45) is 34.0 Å².